The number of piperidine rings is 1. The van der Waals surface area contributed by atoms with Gasteiger partial charge in [0.1, 0.15) is 11.8 Å². The number of hydrogen-bond donors (Lipinski definition) is 0. The van der Waals surface area contributed by atoms with Crippen LogP contribution in [0.2, 0.25) is 0 Å². The maximum atomic E-state index is 12.8. The number of ether oxygens (including phenoxy) is 2. The van der Waals surface area contributed by atoms with Crippen LogP contribution in [0.4, 0.5) is 10.5 Å². The molecule has 7 heteroatoms. The van der Waals surface area contributed by atoms with Crippen LogP contribution in [0.15, 0.2) is 18.2 Å². The van der Waals surface area contributed by atoms with Gasteiger partial charge in [0, 0.05) is 13.0 Å². The van der Waals surface area contributed by atoms with Crippen molar-refractivity contribution in [3.8, 4) is 5.75 Å². The summed E-state index contributed by atoms with van der Waals surface area (Å²) in [6.45, 7) is 1.01. The topological polar surface area (TPSA) is 76.2 Å². The number of carbonyl (C=O) groups is 3. The fraction of sp³-hybridized carbons (Fsp3) is 0.471. The van der Waals surface area contributed by atoms with Crippen molar-refractivity contribution in [3.05, 3.63) is 23.8 Å². The molecule has 2 atom stereocenters. The van der Waals surface area contributed by atoms with Crippen LogP contribution in [-0.2, 0) is 20.7 Å². The highest BCUT2D eigenvalue weighted by molar-refractivity contribution is 6.21. The summed E-state index contributed by atoms with van der Waals surface area (Å²) in [5.74, 6) is -0.113. The van der Waals surface area contributed by atoms with E-state index in [1.54, 1.807) is 17.0 Å². The molecule has 2 unspecified atom stereocenters. The van der Waals surface area contributed by atoms with Crippen molar-refractivity contribution in [2.24, 2.45) is 5.92 Å². The molecule has 0 aromatic heterocycles. The highest BCUT2D eigenvalue weighted by Gasteiger charge is 2.49. The van der Waals surface area contributed by atoms with Gasteiger partial charge >= 0.3 is 12.0 Å². The summed E-state index contributed by atoms with van der Waals surface area (Å²) >= 11 is 0. The van der Waals surface area contributed by atoms with Crippen molar-refractivity contribution in [1.82, 2.24) is 4.90 Å². The van der Waals surface area contributed by atoms with E-state index in [1.807, 2.05) is 6.07 Å². The lowest BCUT2D eigenvalue weighted by Gasteiger charge is -2.30. The van der Waals surface area contributed by atoms with Crippen molar-refractivity contribution in [3.63, 3.8) is 0 Å². The number of benzene rings is 1. The normalized spacial score (nSPS) is 25.4. The highest BCUT2D eigenvalue weighted by atomic mass is 16.5. The second-order valence-corrected chi connectivity index (χ2v) is 6.30. The molecule has 3 amide bonds. The standard InChI is InChI=1S/C17H18N2O5/c1-23-16(21)11-4-6-18-13(9-11)15(20)19(17(18)22)12-2-3-14-10(8-12)5-7-24-14/h2-3,8,11,13H,4-7,9H2,1H3. The van der Waals surface area contributed by atoms with Crippen LogP contribution in [0.25, 0.3) is 0 Å². The smallest absolute Gasteiger partial charge is 0.332 e. The first-order chi connectivity index (χ1) is 11.6. The number of urea groups is 1. The number of nitrogens with zero attached hydrogens (tertiary/aromatic N) is 2. The molecular formula is C17H18N2O5. The fourth-order valence-corrected chi connectivity index (χ4v) is 3.73. The third-order valence-corrected chi connectivity index (χ3v) is 5.01. The second kappa shape index (κ2) is 5.51. The molecule has 7 nitrogen and oxygen atoms in total. The Morgan fingerprint density at radius 2 is 2.17 bits per heavy atom. The number of hydrogen-bond acceptors (Lipinski definition) is 5. The molecule has 0 saturated carbocycles. The summed E-state index contributed by atoms with van der Waals surface area (Å²) in [5.41, 5.74) is 1.57. The van der Waals surface area contributed by atoms with E-state index in [1.165, 1.54) is 12.0 Å². The Balaban J connectivity index is 1.61. The van der Waals surface area contributed by atoms with Crippen molar-refractivity contribution >= 4 is 23.6 Å². The minimum absolute atomic E-state index is 0.271. The number of fused-ring (bicyclic) bond motifs is 2. The maximum Gasteiger partial charge on any atom is 0.332 e. The van der Waals surface area contributed by atoms with Crippen molar-refractivity contribution in [1.29, 1.82) is 0 Å². The van der Waals surface area contributed by atoms with Gasteiger partial charge in [0.15, 0.2) is 0 Å². The van der Waals surface area contributed by atoms with E-state index in [2.05, 4.69) is 0 Å². The minimum atomic E-state index is -0.583. The molecule has 2 fully saturated rings. The molecule has 0 radical (unpaired) electrons. The third-order valence-electron chi connectivity index (χ3n) is 5.01. The van der Waals surface area contributed by atoms with E-state index in [0.717, 1.165) is 17.7 Å². The van der Waals surface area contributed by atoms with Crippen LogP contribution < -0.4 is 9.64 Å². The van der Waals surface area contributed by atoms with Crippen LogP contribution in [0, 0.1) is 5.92 Å². The second-order valence-electron chi connectivity index (χ2n) is 6.30. The number of carbonyl (C=O) groups excluding carboxylic acids is 3. The zero-order chi connectivity index (χ0) is 16.8. The number of methoxy groups -OCH3 is 1. The van der Waals surface area contributed by atoms with E-state index in [9.17, 15) is 14.4 Å². The van der Waals surface area contributed by atoms with Crippen molar-refractivity contribution in [2.75, 3.05) is 25.2 Å². The van der Waals surface area contributed by atoms with E-state index < -0.39 is 6.04 Å². The first-order valence-electron chi connectivity index (χ1n) is 8.08. The summed E-state index contributed by atoms with van der Waals surface area (Å²) < 4.78 is 10.2. The summed E-state index contributed by atoms with van der Waals surface area (Å²) in [6, 6.07) is 4.48. The minimum Gasteiger partial charge on any atom is -0.493 e. The average Bonchev–Trinajstić information content (AvgIpc) is 3.16. The van der Waals surface area contributed by atoms with Gasteiger partial charge < -0.3 is 14.4 Å². The summed E-state index contributed by atoms with van der Waals surface area (Å²) in [4.78, 5) is 40.0. The van der Waals surface area contributed by atoms with E-state index in [-0.39, 0.29) is 23.8 Å². The average molecular weight is 330 g/mol. The molecule has 2 saturated heterocycles. The van der Waals surface area contributed by atoms with E-state index >= 15 is 0 Å². The van der Waals surface area contributed by atoms with E-state index in [0.29, 0.717) is 31.7 Å². The lowest BCUT2D eigenvalue weighted by atomic mass is 9.91. The van der Waals surface area contributed by atoms with Crippen LogP contribution >= 0.6 is 0 Å². The van der Waals surface area contributed by atoms with Crippen LogP contribution in [0.3, 0.4) is 0 Å². The molecule has 0 N–H and O–H groups in total. The molecule has 4 rings (SSSR count). The van der Waals surface area contributed by atoms with Gasteiger partial charge in [-0.3, -0.25) is 9.59 Å². The van der Waals surface area contributed by atoms with Gasteiger partial charge in [-0.2, -0.15) is 0 Å². The highest BCUT2D eigenvalue weighted by Crippen LogP contribution is 2.36. The zero-order valence-electron chi connectivity index (χ0n) is 13.4. The molecule has 3 aliphatic heterocycles. The summed E-state index contributed by atoms with van der Waals surface area (Å²) in [5, 5.41) is 0. The molecule has 0 aliphatic carbocycles. The number of esters is 1. The van der Waals surface area contributed by atoms with Gasteiger partial charge in [0.05, 0.1) is 25.3 Å². The number of anilines is 1. The van der Waals surface area contributed by atoms with Crippen molar-refractivity contribution < 1.29 is 23.9 Å². The first-order valence-corrected chi connectivity index (χ1v) is 8.08. The lowest BCUT2D eigenvalue weighted by Crippen LogP contribution is -2.44. The maximum absolute atomic E-state index is 12.8. The summed E-state index contributed by atoms with van der Waals surface area (Å²) in [6.07, 6.45) is 1.62. The Morgan fingerprint density at radius 1 is 1.33 bits per heavy atom. The lowest BCUT2D eigenvalue weighted by molar-refractivity contribution is -0.147. The molecule has 126 valence electrons. The zero-order valence-corrected chi connectivity index (χ0v) is 13.4. The molecule has 3 aliphatic rings. The van der Waals surface area contributed by atoms with Gasteiger partial charge in [-0.15, -0.1) is 0 Å². The largest absolute Gasteiger partial charge is 0.493 e. The Labute approximate surface area is 139 Å². The third kappa shape index (κ3) is 2.15. The first kappa shape index (κ1) is 15.0. The predicted molar refractivity (Wildman–Crippen MR) is 83.8 cm³/mol. The van der Waals surface area contributed by atoms with Crippen LogP contribution in [0.5, 0.6) is 5.75 Å². The SMILES string of the molecule is COC(=O)C1CCN2C(=O)N(c3ccc4c(c3)CCO4)C(=O)C2C1. The van der Waals surface area contributed by atoms with Crippen LogP contribution in [0.1, 0.15) is 18.4 Å². The fourth-order valence-electron chi connectivity index (χ4n) is 3.73. The predicted octanol–water partition coefficient (Wildman–Crippen LogP) is 1.34. The molecule has 1 aromatic carbocycles. The van der Waals surface area contributed by atoms with Gasteiger partial charge in [-0.25, -0.2) is 9.69 Å². The van der Waals surface area contributed by atoms with Gasteiger partial charge in [-0.1, -0.05) is 0 Å². The molecule has 1 aromatic rings. The monoisotopic (exact) mass is 330 g/mol. The molecule has 0 bridgehead atoms. The summed E-state index contributed by atoms with van der Waals surface area (Å²) in [7, 11) is 1.34. The Morgan fingerprint density at radius 3 is 2.96 bits per heavy atom. The van der Waals surface area contributed by atoms with Gasteiger partial charge in [0.25, 0.3) is 5.91 Å². The Hall–Kier alpha value is -2.57. The number of rotatable bonds is 2. The quantitative estimate of drug-likeness (QED) is 0.604. The Kier molecular flexibility index (Phi) is 3.44. The number of amides is 3. The molecular weight excluding hydrogens is 312 g/mol. The molecule has 3 heterocycles. The van der Waals surface area contributed by atoms with Gasteiger partial charge in [0.2, 0.25) is 0 Å². The molecule has 24 heavy (non-hydrogen) atoms. The Bertz CT molecular complexity index is 732. The van der Waals surface area contributed by atoms with Crippen LogP contribution in [-0.4, -0.2) is 49.1 Å². The van der Waals surface area contributed by atoms with Crippen molar-refractivity contribution in [2.45, 2.75) is 25.3 Å². The van der Waals surface area contributed by atoms with Gasteiger partial charge in [-0.05, 0) is 36.6 Å². The van der Waals surface area contributed by atoms with E-state index in [4.69, 9.17) is 9.47 Å². The number of imide groups is 1. The molecule has 0 spiro atoms.